The summed E-state index contributed by atoms with van der Waals surface area (Å²) in [5, 5.41) is 8.04. The molecule has 1 amide bonds. The third-order valence-corrected chi connectivity index (χ3v) is 3.22. The fraction of sp³-hybridized carbons (Fsp3) is 0.385. The highest BCUT2D eigenvalue weighted by Crippen LogP contribution is 2.25. The van der Waals surface area contributed by atoms with Crippen molar-refractivity contribution in [2.45, 2.75) is 19.5 Å². The van der Waals surface area contributed by atoms with E-state index in [9.17, 15) is 9.18 Å². The summed E-state index contributed by atoms with van der Waals surface area (Å²) < 4.78 is 13.2. The Kier molecular flexibility index (Phi) is 3.07. The van der Waals surface area contributed by atoms with E-state index in [1.807, 2.05) is 0 Å². The van der Waals surface area contributed by atoms with Gasteiger partial charge in [-0.3, -0.25) is 10.2 Å². The summed E-state index contributed by atoms with van der Waals surface area (Å²) in [4.78, 5) is 15.1. The van der Waals surface area contributed by atoms with Crippen LogP contribution in [0.2, 0.25) is 0 Å². The Balaban J connectivity index is 2.26. The summed E-state index contributed by atoms with van der Waals surface area (Å²) in [5.41, 5.74) is 1.47. The number of amidine groups is 1. The van der Waals surface area contributed by atoms with Gasteiger partial charge in [0.15, 0.2) is 0 Å². The summed E-state index contributed by atoms with van der Waals surface area (Å²) in [5.74, 6) is -0.202. The van der Waals surface area contributed by atoms with E-state index < -0.39 is 6.04 Å². The molecule has 0 bridgehead atoms. The zero-order chi connectivity index (χ0) is 13.4. The molecule has 0 fully saturated rings. The fourth-order valence-corrected chi connectivity index (χ4v) is 2.16. The molecule has 1 aliphatic rings. The van der Waals surface area contributed by atoms with Gasteiger partial charge in [-0.15, -0.1) is 0 Å². The summed E-state index contributed by atoms with van der Waals surface area (Å²) in [6, 6.07) is 3.99. The molecule has 1 aliphatic heterocycles. The van der Waals surface area contributed by atoms with E-state index in [4.69, 9.17) is 5.41 Å². The second-order valence-electron chi connectivity index (χ2n) is 4.69. The number of fused-ring (bicyclic) bond motifs is 1. The number of nitrogens with one attached hydrogen (secondary N) is 1. The van der Waals surface area contributed by atoms with Crippen LogP contribution in [0.25, 0.3) is 0 Å². The minimum atomic E-state index is -0.414. The maximum absolute atomic E-state index is 13.2. The molecule has 0 saturated carbocycles. The number of nitrogens with zero attached hydrogens (tertiary/aromatic N) is 2. The number of rotatable bonds is 2. The maximum Gasteiger partial charge on any atom is 0.244 e. The van der Waals surface area contributed by atoms with Crippen molar-refractivity contribution >= 4 is 11.7 Å². The van der Waals surface area contributed by atoms with Gasteiger partial charge in [0, 0.05) is 26.2 Å². The molecule has 1 unspecified atom stereocenters. The van der Waals surface area contributed by atoms with Crippen LogP contribution in [0.3, 0.4) is 0 Å². The molecule has 0 saturated heterocycles. The summed E-state index contributed by atoms with van der Waals surface area (Å²) >= 11 is 0. The first-order valence-electron chi connectivity index (χ1n) is 5.77. The lowest BCUT2D eigenvalue weighted by Gasteiger charge is -2.27. The number of halogens is 1. The molecule has 0 aliphatic carbocycles. The lowest BCUT2D eigenvalue weighted by Crippen LogP contribution is -2.44. The van der Waals surface area contributed by atoms with Gasteiger partial charge in [-0.25, -0.2) is 4.39 Å². The monoisotopic (exact) mass is 249 g/mol. The molecular weight excluding hydrogens is 233 g/mol. The van der Waals surface area contributed by atoms with E-state index in [0.717, 1.165) is 5.56 Å². The maximum atomic E-state index is 13.2. The van der Waals surface area contributed by atoms with Crippen molar-refractivity contribution in [2.24, 2.45) is 0 Å². The van der Waals surface area contributed by atoms with Crippen molar-refractivity contribution in [2.75, 3.05) is 14.1 Å². The van der Waals surface area contributed by atoms with Gasteiger partial charge in [0.1, 0.15) is 17.7 Å². The first-order chi connectivity index (χ1) is 8.41. The SMILES string of the molecule is CC(C(=O)N(C)C)N1Cc2ccc(F)cc2C1=N. The van der Waals surface area contributed by atoms with Gasteiger partial charge in [0.05, 0.1) is 0 Å². The van der Waals surface area contributed by atoms with Gasteiger partial charge < -0.3 is 9.80 Å². The number of amides is 1. The predicted molar refractivity (Wildman–Crippen MR) is 66.9 cm³/mol. The van der Waals surface area contributed by atoms with Gasteiger partial charge in [0.2, 0.25) is 5.91 Å². The van der Waals surface area contributed by atoms with Crippen LogP contribution in [0.15, 0.2) is 18.2 Å². The lowest BCUT2D eigenvalue weighted by atomic mass is 10.1. The number of hydrogen-bond donors (Lipinski definition) is 1. The average Bonchev–Trinajstić information content (AvgIpc) is 2.65. The third kappa shape index (κ3) is 1.96. The molecule has 1 heterocycles. The molecule has 18 heavy (non-hydrogen) atoms. The van der Waals surface area contributed by atoms with Crippen LogP contribution < -0.4 is 0 Å². The Labute approximate surface area is 106 Å². The van der Waals surface area contributed by atoms with Crippen molar-refractivity contribution in [3.63, 3.8) is 0 Å². The first kappa shape index (κ1) is 12.5. The van der Waals surface area contributed by atoms with E-state index in [1.165, 1.54) is 17.0 Å². The van der Waals surface area contributed by atoms with Gasteiger partial charge >= 0.3 is 0 Å². The quantitative estimate of drug-likeness (QED) is 0.862. The van der Waals surface area contributed by atoms with Crippen molar-refractivity contribution < 1.29 is 9.18 Å². The minimum Gasteiger partial charge on any atom is -0.347 e. The number of hydrogen-bond acceptors (Lipinski definition) is 2. The van der Waals surface area contributed by atoms with Crippen molar-refractivity contribution in [1.82, 2.24) is 9.80 Å². The summed E-state index contributed by atoms with van der Waals surface area (Å²) in [7, 11) is 3.37. The molecule has 0 aromatic heterocycles. The van der Waals surface area contributed by atoms with E-state index in [2.05, 4.69) is 0 Å². The number of carbonyl (C=O) groups excluding carboxylic acids is 1. The molecule has 1 N–H and O–H groups in total. The van der Waals surface area contributed by atoms with E-state index in [0.29, 0.717) is 12.1 Å². The van der Waals surface area contributed by atoms with E-state index in [1.54, 1.807) is 32.0 Å². The minimum absolute atomic E-state index is 0.0620. The van der Waals surface area contributed by atoms with Gasteiger partial charge in [-0.1, -0.05) is 6.07 Å². The molecule has 5 heteroatoms. The highest BCUT2D eigenvalue weighted by atomic mass is 19.1. The summed E-state index contributed by atoms with van der Waals surface area (Å²) in [6.45, 7) is 2.24. The lowest BCUT2D eigenvalue weighted by molar-refractivity contribution is -0.132. The van der Waals surface area contributed by atoms with Crippen molar-refractivity contribution in [3.05, 3.63) is 35.1 Å². The number of benzene rings is 1. The standard InChI is InChI=1S/C13H16FN3O/c1-8(13(18)16(2)3)17-7-9-4-5-10(14)6-11(9)12(17)15/h4-6,8,15H,7H2,1-3H3. The predicted octanol–water partition coefficient (Wildman–Crippen LogP) is 1.44. The van der Waals surface area contributed by atoms with Crippen LogP contribution in [0, 0.1) is 11.2 Å². The van der Waals surface area contributed by atoms with Crippen LogP contribution in [0.5, 0.6) is 0 Å². The molecular formula is C13H16FN3O. The van der Waals surface area contributed by atoms with Crippen LogP contribution in [-0.4, -0.2) is 41.7 Å². The van der Waals surface area contributed by atoms with Gasteiger partial charge in [-0.05, 0) is 24.6 Å². The largest absolute Gasteiger partial charge is 0.347 e. The third-order valence-electron chi connectivity index (χ3n) is 3.22. The van der Waals surface area contributed by atoms with Crippen molar-refractivity contribution in [3.8, 4) is 0 Å². The van der Waals surface area contributed by atoms with E-state index in [-0.39, 0.29) is 17.6 Å². The second kappa shape index (κ2) is 4.40. The van der Waals surface area contributed by atoms with Crippen LogP contribution in [0.4, 0.5) is 4.39 Å². The molecule has 1 aromatic carbocycles. The van der Waals surface area contributed by atoms with Crippen LogP contribution >= 0.6 is 0 Å². The Morgan fingerprint density at radius 2 is 2.17 bits per heavy atom. The number of likely N-dealkylation sites (N-methyl/N-ethyl adjacent to an activating group) is 1. The van der Waals surface area contributed by atoms with Gasteiger partial charge in [-0.2, -0.15) is 0 Å². The highest BCUT2D eigenvalue weighted by molar-refractivity contribution is 6.02. The Morgan fingerprint density at radius 3 is 2.78 bits per heavy atom. The molecule has 4 nitrogen and oxygen atoms in total. The molecule has 96 valence electrons. The van der Waals surface area contributed by atoms with Crippen LogP contribution in [-0.2, 0) is 11.3 Å². The summed E-state index contributed by atoms with van der Waals surface area (Å²) in [6.07, 6.45) is 0. The zero-order valence-corrected chi connectivity index (χ0v) is 10.7. The zero-order valence-electron chi connectivity index (χ0n) is 10.7. The number of carbonyl (C=O) groups is 1. The van der Waals surface area contributed by atoms with Gasteiger partial charge in [0.25, 0.3) is 0 Å². The molecule has 1 aromatic rings. The smallest absolute Gasteiger partial charge is 0.244 e. The topological polar surface area (TPSA) is 47.4 Å². The molecule has 0 radical (unpaired) electrons. The average molecular weight is 249 g/mol. The molecule has 1 atom stereocenters. The fourth-order valence-electron chi connectivity index (χ4n) is 2.16. The van der Waals surface area contributed by atoms with E-state index >= 15 is 0 Å². The highest BCUT2D eigenvalue weighted by Gasteiger charge is 2.32. The molecule has 0 spiro atoms. The Bertz CT molecular complexity index is 513. The normalized spacial score (nSPS) is 15.6. The molecule has 2 rings (SSSR count). The second-order valence-corrected chi connectivity index (χ2v) is 4.69. The Hall–Kier alpha value is -1.91. The van der Waals surface area contributed by atoms with Crippen LogP contribution in [0.1, 0.15) is 18.1 Å². The first-order valence-corrected chi connectivity index (χ1v) is 5.77. The Morgan fingerprint density at radius 1 is 1.50 bits per heavy atom. The van der Waals surface area contributed by atoms with Crippen molar-refractivity contribution in [1.29, 1.82) is 5.41 Å².